The molecule has 0 bridgehead atoms. The third-order valence-corrected chi connectivity index (χ3v) is 2.60. The molecule has 2 aliphatic heterocycles. The molecule has 5 heteroatoms. The summed E-state index contributed by atoms with van der Waals surface area (Å²) in [6.07, 6.45) is 2.13. The van der Waals surface area contributed by atoms with Gasteiger partial charge in [0.2, 0.25) is 0 Å². The van der Waals surface area contributed by atoms with Gasteiger partial charge in [-0.15, -0.1) is 0 Å². The lowest BCUT2D eigenvalue weighted by atomic mass is 9.88. The molecule has 0 radical (unpaired) electrons. The maximum absolute atomic E-state index is 10.6. The molecule has 0 aromatic carbocycles. The fraction of sp³-hybridized carbons (Fsp3) is 0.750. The third kappa shape index (κ3) is 1.51. The molecule has 0 atom stereocenters. The molecule has 2 N–H and O–H groups in total. The fourth-order valence-electron chi connectivity index (χ4n) is 1.79. The monoisotopic (exact) mass is 184 g/mol. The summed E-state index contributed by atoms with van der Waals surface area (Å²) in [5.74, 6) is -0.963. The molecule has 2 heterocycles. The average Bonchev–Trinajstić information content (AvgIpc) is 2.51. The summed E-state index contributed by atoms with van der Waals surface area (Å²) < 4.78 is 0. The van der Waals surface area contributed by atoms with Crippen molar-refractivity contribution in [1.82, 2.24) is 5.32 Å². The van der Waals surface area contributed by atoms with E-state index in [1.165, 1.54) is 0 Å². The molecule has 72 valence electrons. The largest absolute Gasteiger partial charge is 0.477 e. The normalized spacial score (nSPS) is 25.4. The molecule has 2 rings (SSSR count). The molecule has 1 saturated heterocycles. The number of carbonyl (C=O) groups is 1. The molecular formula is C8H12N2O3. The van der Waals surface area contributed by atoms with Crippen molar-refractivity contribution in [1.29, 1.82) is 0 Å². The summed E-state index contributed by atoms with van der Waals surface area (Å²) in [7, 11) is 0. The molecule has 0 unspecified atom stereocenters. The number of carboxylic acid groups (broad SMARTS) is 1. The van der Waals surface area contributed by atoms with Gasteiger partial charge in [0.15, 0.2) is 5.71 Å². The number of nitrogens with zero attached hydrogens (tertiary/aromatic N) is 1. The van der Waals surface area contributed by atoms with E-state index in [0.29, 0.717) is 6.42 Å². The Morgan fingerprint density at radius 3 is 2.77 bits per heavy atom. The van der Waals surface area contributed by atoms with E-state index in [0.717, 1.165) is 25.9 Å². The van der Waals surface area contributed by atoms with Crippen molar-refractivity contribution < 1.29 is 14.7 Å². The second-order valence-electron chi connectivity index (χ2n) is 3.54. The first-order chi connectivity index (χ1) is 6.22. The second kappa shape index (κ2) is 2.99. The van der Waals surface area contributed by atoms with Gasteiger partial charge >= 0.3 is 5.97 Å². The minimum Gasteiger partial charge on any atom is -0.477 e. The molecule has 0 aromatic rings. The van der Waals surface area contributed by atoms with Crippen molar-refractivity contribution >= 4 is 11.7 Å². The lowest BCUT2D eigenvalue weighted by Gasteiger charge is -2.30. The van der Waals surface area contributed by atoms with Crippen LogP contribution in [0.2, 0.25) is 0 Å². The Kier molecular flexibility index (Phi) is 1.95. The van der Waals surface area contributed by atoms with E-state index >= 15 is 0 Å². The molecule has 13 heavy (non-hydrogen) atoms. The zero-order valence-electron chi connectivity index (χ0n) is 7.25. The van der Waals surface area contributed by atoms with Gasteiger partial charge in [0.05, 0.1) is 0 Å². The predicted molar refractivity (Wildman–Crippen MR) is 45.6 cm³/mol. The number of carboxylic acids is 1. The van der Waals surface area contributed by atoms with E-state index in [1.54, 1.807) is 0 Å². The van der Waals surface area contributed by atoms with E-state index < -0.39 is 5.97 Å². The van der Waals surface area contributed by atoms with Gasteiger partial charge in [-0.2, -0.15) is 0 Å². The molecule has 1 fully saturated rings. The molecule has 0 amide bonds. The molecule has 2 aliphatic rings. The highest BCUT2D eigenvalue weighted by molar-refractivity contribution is 6.36. The van der Waals surface area contributed by atoms with Crippen molar-refractivity contribution in [2.24, 2.45) is 5.16 Å². The number of oxime groups is 1. The van der Waals surface area contributed by atoms with Crippen LogP contribution in [-0.4, -0.2) is 35.5 Å². The van der Waals surface area contributed by atoms with Gasteiger partial charge in [0, 0.05) is 19.3 Å². The lowest BCUT2D eigenvalue weighted by molar-refractivity contribution is -0.129. The Balaban J connectivity index is 2.02. The number of hydrogen-bond acceptors (Lipinski definition) is 4. The van der Waals surface area contributed by atoms with Crippen LogP contribution in [0.15, 0.2) is 5.16 Å². The van der Waals surface area contributed by atoms with Crippen LogP contribution in [0.4, 0.5) is 0 Å². The first-order valence-corrected chi connectivity index (χ1v) is 4.41. The third-order valence-electron chi connectivity index (χ3n) is 2.60. The summed E-state index contributed by atoms with van der Waals surface area (Å²) >= 11 is 0. The van der Waals surface area contributed by atoms with Crippen molar-refractivity contribution in [3.05, 3.63) is 0 Å². The zero-order valence-corrected chi connectivity index (χ0v) is 7.25. The maximum Gasteiger partial charge on any atom is 0.353 e. The van der Waals surface area contributed by atoms with Crippen LogP contribution in [-0.2, 0) is 9.63 Å². The topological polar surface area (TPSA) is 70.9 Å². The van der Waals surface area contributed by atoms with Gasteiger partial charge < -0.3 is 15.3 Å². The molecule has 0 aliphatic carbocycles. The molecule has 0 saturated carbocycles. The summed E-state index contributed by atoms with van der Waals surface area (Å²) in [6, 6.07) is 0. The number of piperidine rings is 1. The highest BCUT2D eigenvalue weighted by atomic mass is 16.7. The van der Waals surface area contributed by atoms with Crippen LogP contribution in [0.25, 0.3) is 0 Å². The van der Waals surface area contributed by atoms with Gasteiger partial charge in [-0.3, -0.25) is 0 Å². The van der Waals surface area contributed by atoms with Crippen LogP contribution in [0.5, 0.6) is 0 Å². The van der Waals surface area contributed by atoms with Crippen LogP contribution >= 0.6 is 0 Å². The summed E-state index contributed by atoms with van der Waals surface area (Å²) in [5.41, 5.74) is -0.166. The fourth-order valence-corrected chi connectivity index (χ4v) is 1.79. The highest BCUT2D eigenvalue weighted by Crippen LogP contribution is 2.32. The molecular weight excluding hydrogens is 172 g/mol. The summed E-state index contributed by atoms with van der Waals surface area (Å²) in [5, 5.41) is 15.5. The van der Waals surface area contributed by atoms with Crippen molar-refractivity contribution in [2.45, 2.75) is 24.9 Å². The second-order valence-corrected chi connectivity index (χ2v) is 3.54. The summed E-state index contributed by atoms with van der Waals surface area (Å²) in [4.78, 5) is 15.8. The Hall–Kier alpha value is -1.10. The first kappa shape index (κ1) is 8.50. The standard InChI is InChI=1S/C8H12N2O3/c11-7(12)6-5-8(13-10-6)1-3-9-4-2-8/h9H,1-5H2,(H,11,12). The molecule has 5 nitrogen and oxygen atoms in total. The Labute approximate surface area is 75.8 Å². The number of aliphatic carboxylic acids is 1. The van der Waals surface area contributed by atoms with Gasteiger partial charge in [0.1, 0.15) is 5.60 Å². The quantitative estimate of drug-likeness (QED) is 0.600. The van der Waals surface area contributed by atoms with Gasteiger partial charge in [-0.05, 0) is 13.1 Å². The van der Waals surface area contributed by atoms with Crippen molar-refractivity contribution in [3.8, 4) is 0 Å². The minimum atomic E-state index is -0.963. The Morgan fingerprint density at radius 2 is 2.23 bits per heavy atom. The van der Waals surface area contributed by atoms with Crippen LogP contribution in [0.3, 0.4) is 0 Å². The van der Waals surface area contributed by atoms with Crippen LogP contribution in [0.1, 0.15) is 19.3 Å². The first-order valence-electron chi connectivity index (χ1n) is 4.41. The Bertz CT molecular complexity index is 256. The van der Waals surface area contributed by atoms with E-state index in [4.69, 9.17) is 9.94 Å². The van der Waals surface area contributed by atoms with Gasteiger partial charge in [-0.25, -0.2) is 4.79 Å². The minimum absolute atomic E-state index is 0.155. The smallest absolute Gasteiger partial charge is 0.353 e. The number of rotatable bonds is 1. The van der Waals surface area contributed by atoms with E-state index in [9.17, 15) is 4.79 Å². The molecule has 0 aromatic heterocycles. The Morgan fingerprint density at radius 1 is 1.54 bits per heavy atom. The predicted octanol–water partition coefficient (Wildman–Crippen LogP) is -0.0305. The average molecular weight is 184 g/mol. The number of hydrogen-bond donors (Lipinski definition) is 2. The van der Waals surface area contributed by atoms with Gasteiger partial charge in [0.25, 0.3) is 0 Å². The lowest BCUT2D eigenvalue weighted by Crippen LogP contribution is -2.42. The van der Waals surface area contributed by atoms with E-state index in [2.05, 4.69) is 10.5 Å². The van der Waals surface area contributed by atoms with E-state index in [1.807, 2.05) is 0 Å². The van der Waals surface area contributed by atoms with E-state index in [-0.39, 0.29) is 11.3 Å². The zero-order chi connectivity index (χ0) is 9.31. The van der Waals surface area contributed by atoms with Crippen molar-refractivity contribution in [2.75, 3.05) is 13.1 Å². The van der Waals surface area contributed by atoms with Crippen LogP contribution in [0, 0.1) is 0 Å². The SMILES string of the molecule is O=C(O)C1=NOC2(CCNCC2)C1. The highest BCUT2D eigenvalue weighted by Gasteiger charge is 2.42. The van der Waals surface area contributed by atoms with Crippen molar-refractivity contribution in [3.63, 3.8) is 0 Å². The van der Waals surface area contributed by atoms with Gasteiger partial charge in [-0.1, -0.05) is 5.16 Å². The number of nitrogens with one attached hydrogen (secondary N) is 1. The maximum atomic E-state index is 10.6. The molecule has 1 spiro atoms. The van der Waals surface area contributed by atoms with Crippen LogP contribution < -0.4 is 5.32 Å². The summed E-state index contributed by atoms with van der Waals surface area (Å²) in [6.45, 7) is 1.75.